The maximum Gasteiger partial charge on any atom is 0.306 e. The van der Waals surface area contributed by atoms with Crippen molar-refractivity contribution in [1.82, 2.24) is 14.8 Å². The van der Waals surface area contributed by atoms with Gasteiger partial charge in [0.1, 0.15) is 5.65 Å². The number of carbonyl (C=O) groups is 1. The van der Waals surface area contributed by atoms with Crippen molar-refractivity contribution < 1.29 is 9.53 Å². The van der Waals surface area contributed by atoms with Crippen LogP contribution in [0.1, 0.15) is 35.7 Å². The normalized spacial score (nSPS) is 11.1. The number of hydrogen-bond donors (Lipinski definition) is 1. The summed E-state index contributed by atoms with van der Waals surface area (Å²) >= 11 is 0. The molecule has 6 nitrogen and oxygen atoms in total. The van der Waals surface area contributed by atoms with Crippen molar-refractivity contribution in [2.45, 2.75) is 40.5 Å². The van der Waals surface area contributed by atoms with Crippen LogP contribution < -0.4 is 5.56 Å². The third-order valence-corrected chi connectivity index (χ3v) is 4.56. The van der Waals surface area contributed by atoms with Crippen LogP contribution in [0.2, 0.25) is 0 Å². The molecule has 2 heterocycles. The molecule has 6 heteroatoms. The van der Waals surface area contributed by atoms with E-state index >= 15 is 0 Å². The fourth-order valence-electron chi connectivity index (χ4n) is 3.23. The summed E-state index contributed by atoms with van der Waals surface area (Å²) in [6, 6.07) is 7.97. The first-order valence-electron chi connectivity index (χ1n) is 8.76. The van der Waals surface area contributed by atoms with E-state index in [9.17, 15) is 9.59 Å². The van der Waals surface area contributed by atoms with Crippen LogP contribution in [0.15, 0.2) is 29.1 Å². The Morgan fingerprint density at radius 2 is 1.88 bits per heavy atom. The molecule has 0 saturated carbocycles. The van der Waals surface area contributed by atoms with Crippen molar-refractivity contribution in [3.63, 3.8) is 0 Å². The molecular formula is C20H23N3O3. The summed E-state index contributed by atoms with van der Waals surface area (Å²) in [7, 11) is 0. The minimum Gasteiger partial charge on any atom is -0.466 e. The van der Waals surface area contributed by atoms with Crippen LogP contribution in [-0.4, -0.2) is 27.3 Å². The van der Waals surface area contributed by atoms with Gasteiger partial charge in [-0.2, -0.15) is 5.10 Å². The number of H-pyrrole nitrogens is 1. The highest BCUT2D eigenvalue weighted by Gasteiger charge is 2.18. The van der Waals surface area contributed by atoms with E-state index in [4.69, 9.17) is 4.74 Å². The van der Waals surface area contributed by atoms with Gasteiger partial charge < -0.3 is 9.72 Å². The highest BCUT2D eigenvalue weighted by molar-refractivity contribution is 5.84. The molecule has 0 atom stereocenters. The molecule has 1 aromatic carbocycles. The van der Waals surface area contributed by atoms with Gasteiger partial charge in [-0.05, 0) is 51.8 Å². The summed E-state index contributed by atoms with van der Waals surface area (Å²) in [4.78, 5) is 27.2. The van der Waals surface area contributed by atoms with Gasteiger partial charge in [-0.15, -0.1) is 0 Å². The van der Waals surface area contributed by atoms with Gasteiger partial charge in [0.2, 0.25) is 0 Å². The zero-order valence-corrected chi connectivity index (χ0v) is 15.5. The number of ether oxygens (including phenoxy) is 1. The first kappa shape index (κ1) is 17.9. The number of fused-ring (bicyclic) bond motifs is 1. The van der Waals surface area contributed by atoms with E-state index in [1.54, 1.807) is 11.6 Å². The maximum atomic E-state index is 12.6. The number of nitrogens with zero attached hydrogens (tertiary/aromatic N) is 2. The number of aromatic amines is 1. The quantitative estimate of drug-likeness (QED) is 0.715. The molecule has 136 valence electrons. The molecular weight excluding hydrogens is 330 g/mol. The van der Waals surface area contributed by atoms with Crippen LogP contribution in [0, 0.1) is 20.8 Å². The van der Waals surface area contributed by atoms with Crippen LogP contribution in [0.4, 0.5) is 0 Å². The molecule has 0 fully saturated rings. The van der Waals surface area contributed by atoms with Crippen molar-refractivity contribution in [3.05, 3.63) is 57.0 Å². The molecule has 0 bridgehead atoms. The Bertz CT molecular complexity index is 1010. The first-order valence-corrected chi connectivity index (χ1v) is 8.76. The van der Waals surface area contributed by atoms with Crippen molar-refractivity contribution >= 4 is 17.0 Å². The van der Waals surface area contributed by atoms with Crippen molar-refractivity contribution in [1.29, 1.82) is 0 Å². The first-order chi connectivity index (χ1) is 12.4. The Kier molecular flexibility index (Phi) is 4.93. The third kappa shape index (κ3) is 3.27. The molecule has 26 heavy (non-hydrogen) atoms. The number of hydrogen-bond acceptors (Lipinski definition) is 4. The summed E-state index contributed by atoms with van der Waals surface area (Å²) in [6.07, 6.45) is 0.541. The molecule has 3 rings (SSSR count). The smallest absolute Gasteiger partial charge is 0.306 e. The summed E-state index contributed by atoms with van der Waals surface area (Å²) in [5.41, 5.74) is 4.85. The van der Waals surface area contributed by atoms with Crippen molar-refractivity contribution in [2.24, 2.45) is 0 Å². The summed E-state index contributed by atoms with van der Waals surface area (Å²) in [6.45, 7) is 7.97. The van der Waals surface area contributed by atoms with Crippen molar-refractivity contribution in [3.8, 4) is 5.69 Å². The molecule has 0 amide bonds. The van der Waals surface area contributed by atoms with E-state index in [2.05, 4.69) is 10.1 Å². The molecule has 0 saturated heterocycles. The van der Waals surface area contributed by atoms with Crippen LogP contribution in [0.3, 0.4) is 0 Å². The predicted octanol–water partition coefficient (Wildman–Crippen LogP) is 3.13. The van der Waals surface area contributed by atoms with E-state index in [1.807, 2.05) is 45.0 Å². The zero-order valence-electron chi connectivity index (χ0n) is 15.5. The van der Waals surface area contributed by atoms with Crippen molar-refractivity contribution in [2.75, 3.05) is 6.61 Å². The molecule has 0 radical (unpaired) electrons. The Labute approximate surface area is 151 Å². The number of rotatable bonds is 5. The Morgan fingerprint density at radius 1 is 1.19 bits per heavy atom. The number of esters is 1. The number of benzene rings is 1. The van der Waals surface area contributed by atoms with Gasteiger partial charge in [0.05, 0.1) is 18.0 Å². The van der Waals surface area contributed by atoms with Crippen LogP contribution in [0.5, 0.6) is 0 Å². The van der Waals surface area contributed by atoms with Gasteiger partial charge in [-0.3, -0.25) is 9.59 Å². The summed E-state index contributed by atoms with van der Waals surface area (Å²) in [5.74, 6) is -0.293. The summed E-state index contributed by atoms with van der Waals surface area (Å²) < 4.78 is 6.72. The van der Waals surface area contributed by atoms with E-state index in [0.717, 1.165) is 27.9 Å². The lowest BCUT2D eigenvalue weighted by atomic mass is 10.0. The van der Waals surface area contributed by atoms with Gasteiger partial charge in [-0.25, -0.2) is 4.68 Å². The van der Waals surface area contributed by atoms with E-state index in [1.165, 1.54) is 0 Å². The third-order valence-electron chi connectivity index (χ3n) is 4.56. The molecule has 0 aliphatic rings. The maximum absolute atomic E-state index is 12.6. The molecule has 0 aliphatic heterocycles. The standard InChI is InChI=1S/C20H23N3O3/c1-5-26-17(24)11-10-16-13(3)18-14(4)22-23(19(18)21-20(16)25)15-8-6-12(2)7-9-15/h6-9H,5,10-11H2,1-4H3,(H,21,25). The number of aryl methyl sites for hydroxylation is 3. The second-order valence-corrected chi connectivity index (χ2v) is 6.42. The topological polar surface area (TPSA) is 77.0 Å². The molecule has 1 N–H and O–H groups in total. The average Bonchev–Trinajstić information content (AvgIpc) is 2.92. The van der Waals surface area contributed by atoms with Gasteiger partial charge in [-0.1, -0.05) is 17.7 Å². The fraction of sp³-hybridized carbons (Fsp3) is 0.350. The zero-order chi connectivity index (χ0) is 18.8. The average molecular weight is 353 g/mol. The monoisotopic (exact) mass is 353 g/mol. The molecule has 0 aliphatic carbocycles. The summed E-state index contributed by atoms with van der Waals surface area (Å²) in [5, 5.41) is 5.53. The number of aromatic nitrogens is 3. The lowest BCUT2D eigenvalue weighted by Crippen LogP contribution is -2.18. The minimum absolute atomic E-state index is 0.187. The van der Waals surface area contributed by atoms with E-state index in [-0.39, 0.29) is 17.9 Å². The molecule has 0 unspecified atom stereocenters. The molecule has 3 aromatic rings. The van der Waals surface area contributed by atoms with Gasteiger partial charge in [0, 0.05) is 17.4 Å². The fourth-order valence-corrected chi connectivity index (χ4v) is 3.23. The Morgan fingerprint density at radius 3 is 2.54 bits per heavy atom. The molecule has 0 spiro atoms. The van der Waals surface area contributed by atoms with Gasteiger partial charge in [0.15, 0.2) is 0 Å². The largest absolute Gasteiger partial charge is 0.466 e. The van der Waals surface area contributed by atoms with Gasteiger partial charge in [0.25, 0.3) is 5.56 Å². The van der Waals surface area contributed by atoms with Crippen LogP contribution in [0.25, 0.3) is 16.7 Å². The highest BCUT2D eigenvalue weighted by Crippen LogP contribution is 2.24. The van der Waals surface area contributed by atoms with Crippen LogP contribution >= 0.6 is 0 Å². The Hall–Kier alpha value is -2.89. The lowest BCUT2D eigenvalue weighted by Gasteiger charge is -2.08. The van der Waals surface area contributed by atoms with E-state index < -0.39 is 0 Å². The lowest BCUT2D eigenvalue weighted by molar-refractivity contribution is -0.143. The predicted molar refractivity (Wildman–Crippen MR) is 101 cm³/mol. The second kappa shape index (κ2) is 7.15. The number of carbonyl (C=O) groups excluding carboxylic acids is 1. The number of pyridine rings is 1. The van der Waals surface area contributed by atoms with Gasteiger partial charge >= 0.3 is 5.97 Å². The Balaban J connectivity index is 2.07. The highest BCUT2D eigenvalue weighted by atomic mass is 16.5. The minimum atomic E-state index is -0.293. The SMILES string of the molecule is CCOC(=O)CCc1c(C)c2c(C)nn(-c3ccc(C)cc3)c2[nH]c1=O. The second-order valence-electron chi connectivity index (χ2n) is 6.42. The van der Waals surface area contributed by atoms with E-state index in [0.29, 0.717) is 24.2 Å². The molecule has 2 aromatic heterocycles. The van der Waals surface area contributed by atoms with Crippen LogP contribution in [-0.2, 0) is 16.0 Å². The number of nitrogens with one attached hydrogen (secondary N) is 1.